The topological polar surface area (TPSA) is 42.0 Å². The Bertz CT molecular complexity index is 285. The van der Waals surface area contributed by atoms with Crippen molar-refractivity contribution >= 4 is 5.91 Å². The van der Waals surface area contributed by atoms with Crippen LogP contribution in [0.5, 0.6) is 0 Å². The molecule has 2 fully saturated rings. The molecule has 0 radical (unpaired) electrons. The lowest BCUT2D eigenvalue weighted by Gasteiger charge is -2.36. The van der Waals surface area contributed by atoms with Crippen LogP contribution in [0, 0.1) is 5.92 Å². The molecule has 0 saturated carbocycles. The fourth-order valence-corrected chi connectivity index (χ4v) is 3.04. The Morgan fingerprint density at radius 2 is 1.90 bits per heavy atom. The molecule has 0 aromatic heterocycles. The lowest BCUT2D eigenvalue weighted by molar-refractivity contribution is -0.133. The van der Waals surface area contributed by atoms with Gasteiger partial charge < -0.3 is 14.4 Å². The van der Waals surface area contributed by atoms with Crippen LogP contribution in [0.3, 0.4) is 0 Å². The van der Waals surface area contributed by atoms with Gasteiger partial charge in [0.25, 0.3) is 0 Å². The summed E-state index contributed by atoms with van der Waals surface area (Å²) in [6.07, 6.45) is 3.76. The van der Waals surface area contributed by atoms with Crippen LogP contribution in [0.2, 0.25) is 0 Å². The normalized spacial score (nSPS) is 22.1. The van der Waals surface area contributed by atoms with E-state index in [0.29, 0.717) is 18.9 Å². The number of likely N-dealkylation sites (tertiary alicyclic amines) is 1. The molecule has 5 heteroatoms. The van der Waals surface area contributed by atoms with Crippen LogP contribution in [0.4, 0.5) is 0 Å². The predicted molar refractivity (Wildman–Crippen MR) is 77.7 cm³/mol. The first-order chi connectivity index (χ1) is 9.79. The molecule has 0 spiro atoms. The second-order valence-corrected chi connectivity index (χ2v) is 5.83. The van der Waals surface area contributed by atoms with Gasteiger partial charge >= 0.3 is 0 Å². The van der Waals surface area contributed by atoms with Crippen molar-refractivity contribution in [2.75, 3.05) is 59.7 Å². The quantitative estimate of drug-likeness (QED) is 0.682. The third-order valence-electron chi connectivity index (χ3n) is 4.33. The molecule has 0 atom stereocenters. The third-order valence-corrected chi connectivity index (χ3v) is 4.33. The molecule has 2 saturated heterocycles. The number of amides is 1. The molecular formula is C15H28N2O3. The van der Waals surface area contributed by atoms with Crippen molar-refractivity contribution < 1.29 is 14.3 Å². The van der Waals surface area contributed by atoms with Gasteiger partial charge in [0, 0.05) is 52.9 Å². The average Bonchev–Trinajstić information content (AvgIpc) is 2.49. The highest BCUT2D eigenvalue weighted by Crippen LogP contribution is 2.19. The zero-order valence-corrected chi connectivity index (χ0v) is 12.7. The maximum Gasteiger partial charge on any atom is 0.222 e. The minimum Gasteiger partial charge on any atom is -0.385 e. The second kappa shape index (κ2) is 8.60. The summed E-state index contributed by atoms with van der Waals surface area (Å²) in [5, 5.41) is 0. The highest BCUT2D eigenvalue weighted by atomic mass is 16.5. The summed E-state index contributed by atoms with van der Waals surface area (Å²) >= 11 is 0. The second-order valence-electron chi connectivity index (χ2n) is 5.83. The summed E-state index contributed by atoms with van der Waals surface area (Å²) in [4.78, 5) is 16.6. The Kier molecular flexibility index (Phi) is 6.76. The molecule has 5 nitrogen and oxygen atoms in total. The highest BCUT2D eigenvalue weighted by Gasteiger charge is 2.24. The van der Waals surface area contributed by atoms with E-state index in [1.54, 1.807) is 7.11 Å². The summed E-state index contributed by atoms with van der Waals surface area (Å²) in [6, 6.07) is 0. The highest BCUT2D eigenvalue weighted by molar-refractivity contribution is 5.76. The van der Waals surface area contributed by atoms with Crippen molar-refractivity contribution in [3.8, 4) is 0 Å². The van der Waals surface area contributed by atoms with Crippen LogP contribution >= 0.6 is 0 Å². The van der Waals surface area contributed by atoms with Gasteiger partial charge in [-0.2, -0.15) is 0 Å². The van der Waals surface area contributed by atoms with Gasteiger partial charge in [0.05, 0.1) is 13.2 Å². The van der Waals surface area contributed by atoms with Gasteiger partial charge in [-0.3, -0.25) is 9.69 Å². The molecule has 0 aromatic rings. The molecule has 2 rings (SSSR count). The summed E-state index contributed by atoms with van der Waals surface area (Å²) in [7, 11) is 1.68. The Hall–Kier alpha value is -0.650. The SMILES string of the molecule is COCCCC(=O)N1CCC(CN2CCOCC2)CC1. The molecular weight excluding hydrogens is 256 g/mol. The molecule has 2 aliphatic heterocycles. The molecule has 2 heterocycles. The molecule has 0 N–H and O–H groups in total. The lowest BCUT2D eigenvalue weighted by Crippen LogP contribution is -2.44. The minimum atomic E-state index is 0.298. The van der Waals surface area contributed by atoms with E-state index in [-0.39, 0.29) is 0 Å². The first-order valence-corrected chi connectivity index (χ1v) is 7.86. The van der Waals surface area contributed by atoms with E-state index in [1.165, 1.54) is 6.54 Å². The average molecular weight is 284 g/mol. The Balaban J connectivity index is 1.62. The number of ether oxygens (including phenoxy) is 2. The van der Waals surface area contributed by atoms with Crippen molar-refractivity contribution in [2.24, 2.45) is 5.92 Å². The molecule has 116 valence electrons. The van der Waals surface area contributed by atoms with Gasteiger partial charge in [0.15, 0.2) is 0 Å². The number of hydrogen-bond donors (Lipinski definition) is 0. The van der Waals surface area contributed by atoms with Gasteiger partial charge in [-0.25, -0.2) is 0 Å². The first kappa shape index (κ1) is 15.7. The van der Waals surface area contributed by atoms with E-state index < -0.39 is 0 Å². The monoisotopic (exact) mass is 284 g/mol. The third kappa shape index (κ3) is 5.04. The van der Waals surface area contributed by atoms with Gasteiger partial charge in [0.2, 0.25) is 5.91 Å². The fourth-order valence-electron chi connectivity index (χ4n) is 3.04. The summed E-state index contributed by atoms with van der Waals surface area (Å²) < 4.78 is 10.4. The summed E-state index contributed by atoms with van der Waals surface area (Å²) in [6.45, 7) is 7.59. The van der Waals surface area contributed by atoms with Crippen molar-refractivity contribution in [2.45, 2.75) is 25.7 Å². The van der Waals surface area contributed by atoms with E-state index in [2.05, 4.69) is 4.90 Å². The van der Waals surface area contributed by atoms with Gasteiger partial charge in [0.1, 0.15) is 0 Å². The van der Waals surface area contributed by atoms with Crippen molar-refractivity contribution in [1.29, 1.82) is 0 Å². The molecule has 0 bridgehead atoms. The first-order valence-electron chi connectivity index (χ1n) is 7.86. The predicted octanol–water partition coefficient (Wildman–Crippen LogP) is 0.984. The van der Waals surface area contributed by atoms with Crippen LogP contribution in [-0.2, 0) is 14.3 Å². The summed E-state index contributed by atoms with van der Waals surface area (Å²) in [5.41, 5.74) is 0. The molecule has 1 amide bonds. The number of piperidine rings is 1. The smallest absolute Gasteiger partial charge is 0.222 e. The maximum atomic E-state index is 12.0. The van der Waals surface area contributed by atoms with E-state index in [1.807, 2.05) is 4.90 Å². The Labute approximate surface area is 122 Å². The number of methoxy groups -OCH3 is 1. The lowest BCUT2D eigenvalue weighted by atomic mass is 9.95. The number of carbonyl (C=O) groups is 1. The largest absolute Gasteiger partial charge is 0.385 e. The van der Waals surface area contributed by atoms with Crippen molar-refractivity contribution in [3.05, 3.63) is 0 Å². The van der Waals surface area contributed by atoms with Crippen LogP contribution in [0.15, 0.2) is 0 Å². The Morgan fingerprint density at radius 3 is 2.55 bits per heavy atom. The molecule has 0 aliphatic carbocycles. The molecule has 0 unspecified atom stereocenters. The van der Waals surface area contributed by atoms with E-state index in [0.717, 1.165) is 64.6 Å². The zero-order valence-electron chi connectivity index (χ0n) is 12.7. The number of carbonyl (C=O) groups excluding carboxylic acids is 1. The van der Waals surface area contributed by atoms with E-state index >= 15 is 0 Å². The number of nitrogens with zero attached hydrogens (tertiary/aromatic N) is 2. The van der Waals surface area contributed by atoms with Gasteiger partial charge in [-0.1, -0.05) is 0 Å². The molecule has 0 aromatic carbocycles. The maximum absolute atomic E-state index is 12.0. The van der Waals surface area contributed by atoms with Gasteiger partial charge in [-0.05, 0) is 25.2 Å². The Morgan fingerprint density at radius 1 is 1.20 bits per heavy atom. The molecule has 2 aliphatic rings. The summed E-state index contributed by atoms with van der Waals surface area (Å²) in [5.74, 6) is 1.04. The van der Waals surface area contributed by atoms with Gasteiger partial charge in [-0.15, -0.1) is 0 Å². The standard InChI is InChI=1S/C15H28N2O3/c1-19-10-2-3-15(18)17-6-4-14(5-7-17)13-16-8-11-20-12-9-16/h14H,2-13H2,1H3. The van der Waals surface area contributed by atoms with Crippen LogP contribution in [0.25, 0.3) is 0 Å². The molecule has 20 heavy (non-hydrogen) atoms. The van der Waals surface area contributed by atoms with Crippen LogP contribution < -0.4 is 0 Å². The van der Waals surface area contributed by atoms with Crippen molar-refractivity contribution in [3.63, 3.8) is 0 Å². The van der Waals surface area contributed by atoms with Crippen LogP contribution in [0.1, 0.15) is 25.7 Å². The zero-order chi connectivity index (χ0) is 14.2. The van der Waals surface area contributed by atoms with E-state index in [4.69, 9.17) is 9.47 Å². The number of rotatable bonds is 6. The van der Waals surface area contributed by atoms with E-state index in [9.17, 15) is 4.79 Å². The van der Waals surface area contributed by atoms with Crippen molar-refractivity contribution in [1.82, 2.24) is 9.80 Å². The fraction of sp³-hybridized carbons (Fsp3) is 0.933. The minimum absolute atomic E-state index is 0.298. The van der Waals surface area contributed by atoms with Crippen LogP contribution in [-0.4, -0.2) is 75.4 Å². The number of hydrogen-bond acceptors (Lipinski definition) is 4. The number of morpholine rings is 1.